The molecule has 214 valence electrons. The zero-order chi connectivity index (χ0) is 27.5. The molecular weight excluding hydrogens is 539 g/mol. The van der Waals surface area contributed by atoms with Crippen LogP contribution in [-0.4, -0.2) is 43.0 Å². The van der Waals surface area contributed by atoms with E-state index < -0.39 is 11.2 Å². The Kier molecular flexibility index (Phi) is 9.35. The molecule has 0 bridgehead atoms. The Balaban J connectivity index is 0.000000158. The zero-order valence-corrected chi connectivity index (χ0v) is 24.4. The van der Waals surface area contributed by atoms with Gasteiger partial charge in [-0.25, -0.2) is 4.79 Å². The Hall–Kier alpha value is -1.90. The van der Waals surface area contributed by atoms with E-state index in [2.05, 4.69) is 10.2 Å². The number of hydrogen-bond donors (Lipinski definition) is 1. The van der Waals surface area contributed by atoms with Crippen LogP contribution in [0, 0.1) is 0 Å². The Morgan fingerprint density at radius 2 is 1.28 bits per heavy atom. The van der Waals surface area contributed by atoms with Crippen molar-refractivity contribution in [2.45, 2.75) is 126 Å². The molecule has 2 heterocycles. The van der Waals surface area contributed by atoms with Crippen LogP contribution in [0.3, 0.4) is 0 Å². The summed E-state index contributed by atoms with van der Waals surface area (Å²) in [6, 6.07) is 0.743. The van der Waals surface area contributed by atoms with E-state index >= 15 is 0 Å². The van der Waals surface area contributed by atoms with Crippen LogP contribution in [0.4, 0.5) is 0 Å². The summed E-state index contributed by atoms with van der Waals surface area (Å²) >= 11 is 12.2. The molecule has 6 rings (SSSR count). The first kappa shape index (κ1) is 28.6. The monoisotopic (exact) mass is 578 g/mol. The Morgan fingerprint density at radius 1 is 0.769 bits per heavy atom. The third-order valence-electron chi connectivity index (χ3n) is 8.99. The van der Waals surface area contributed by atoms with Crippen LogP contribution in [0.15, 0.2) is 0 Å². The van der Waals surface area contributed by atoms with Gasteiger partial charge in [0.2, 0.25) is 0 Å². The number of rotatable bonds is 5. The molecule has 2 atom stereocenters. The Bertz CT molecular complexity index is 1180. The number of methoxy groups -OCH3 is 1. The summed E-state index contributed by atoms with van der Waals surface area (Å²) in [5.74, 6) is -0.910. The molecule has 10 heteroatoms. The number of carbonyl (C=O) groups excluding carboxylic acids is 1. The summed E-state index contributed by atoms with van der Waals surface area (Å²) in [6.07, 6.45) is 17.5. The van der Waals surface area contributed by atoms with Gasteiger partial charge >= 0.3 is 5.97 Å². The smallest absolute Gasteiger partial charge is 0.356 e. The van der Waals surface area contributed by atoms with Gasteiger partial charge in [-0.2, -0.15) is 10.2 Å². The highest BCUT2D eigenvalue weighted by Gasteiger charge is 2.34. The molecule has 8 nitrogen and oxygen atoms in total. The van der Waals surface area contributed by atoms with Crippen LogP contribution in [0.1, 0.15) is 157 Å². The molecule has 2 aromatic rings. The SMILES string of the molecule is COC1CCCc2c(C(=O)O)nn(C3CCCCC3)c21.O=C(Cl)c1nn(C2CCCCC2)c2c1CCCC2Cl. The number of aromatic nitrogens is 4. The molecule has 4 aliphatic rings. The molecule has 0 amide bonds. The molecule has 4 aliphatic carbocycles. The van der Waals surface area contributed by atoms with Gasteiger partial charge in [-0.3, -0.25) is 14.2 Å². The normalized spacial score (nSPS) is 23.9. The minimum atomic E-state index is -0.910. The standard InChI is InChI=1S/C15H22N2O3.C14H18Cl2N2O/c1-20-12-9-5-8-11-13(15(18)19)16-17(14(11)12)10-6-3-2-4-7-10;15-11-8-4-7-10-12(14(16)19)17-18(13(10)11)9-5-2-1-3-6-9/h10,12H,2-9H2,1H3,(H,18,19);9,11H,1-8H2. The maximum atomic E-state index is 11.6. The predicted molar refractivity (Wildman–Crippen MR) is 150 cm³/mol. The number of nitrogens with zero attached hydrogens (tertiary/aromatic N) is 4. The number of carbonyl (C=O) groups is 2. The number of halogens is 2. The molecule has 0 aliphatic heterocycles. The van der Waals surface area contributed by atoms with Crippen molar-refractivity contribution in [3.8, 4) is 0 Å². The number of carboxylic acids is 1. The second-order valence-electron chi connectivity index (χ2n) is 11.5. The van der Waals surface area contributed by atoms with Crippen molar-refractivity contribution >= 4 is 34.4 Å². The van der Waals surface area contributed by atoms with Gasteiger partial charge in [-0.05, 0) is 75.8 Å². The maximum Gasteiger partial charge on any atom is 0.356 e. The van der Waals surface area contributed by atoms with E-state index in [0.29, 0.717) is 17.8 Å². The van der Waals surface area contributed by atoms with Crippen molar-refractivity contribution in [2.24, 2.45) is 0 Å². The molecular formula is C29H40Cl2N4O4. The van der Waals surface area contributed by atoms with E-state index in [-0.39, 0.29) is 17.2 Å². The first-order chi connectivity index (χ1) is 18.9. The third kappa shape index (κ3) is 5.94. The molecule has 39 heavy (non-hydrogen) atoms. The van der Waals surface area contributed by atoms with Gasteiger partial charge in [-0.15, -0.1) is 11.6 Å². The lowest BCUT2D eigenvalue weighted by molar-refractivity contribution is 0.0687. The molecule has 2 fully saturated rings. The van der Waals surface area contributed by atoms with Gasteiger partial charge in [-0.1, -0.05) is 38.5 Å². The molecule has 1 N–H and O–H groups in total. The highest BCUT2D eigenvalue weighted by atomic mass is 35.5. The van der Waals surface area contributed by atoms with Crippen molar-refractivity contribution in [1.82, 2.24) is 19.6 Å². The fourth-order valence-electron chi connectivity index (χ4n) is 7.09. The summed E-state index contributed by atoms with van der Waals surface area (Å²) in [5.41, 5.74) is 4.67. The lowest BCUT2D eigenvalue weighted by Gasteiger charge is -2.28. The number of carboxylic acid groups (broad SMARTS) is 1. The fourth-order valence-corrected chi connectivity index (χ4v) is 7.63. The van der Waals surface area contributed by atoms with Gasteiger partial charge in [0.05, 0.1) is 35.0 Å². The minimum Gasteiger partial charge on any atom is -0.476 e. The van der Waals surface area contributed by atoms with Gasteiger partial charge in [0.15, 0.2) is 5.69 Å². The summed E-state index contributed by atoms with van der Waals surface area (Å²) in [7, 11) is 1.71. The Labute approximate surface area is 240 Å². The van der Waals surface area contributed by atoms with Crippen molar-refractivity contribution in [3.63, 3.8) is 0 Å². The van der Waals surface area contributed by atoms with E-state index in [9.17, 15) is 14.7 Å². The molecule has 0 spiro atoms. The molecule has 0 saturated heterocycles. The molecule has 2 unspecified atom stereocenters. The average Bonchev–Trinajstić information content (AvgIpc) is 3.55. The summed E-state index contributed by atoms with van der Waals surface area (Å²) in [4.78, 5) is 23.0. The average molecular weight is 580 g/mol. The van der Waals surface area contributed by atoms with Gasteiger partial charge in [0.25, 0.3) is 5.24 Å². The second-order valence-corrected chi connectivity index (χ2v) is 12.3. The van der Waals surface area contributed by atoms with Crippen molar-refractivity contribution in [2.75, 3.05) is 7.11 Å². The minimum absolute atomic E-state index is 0.00118. The predicted octanol–water partition coefficient (Wildman–Crippen LogP) is 7.49. The van der Waals surface area contributed by atoms with Crippen LogP contribution in [0.2, 0.25) is 0 Å². The molecule has 2 saturated carbocycles. The van der Waals surface area contributed by atoms with E-state index in [1.807, 2.05) is 9.36 Å². The van der Waals surface area contributed by atoms with Crippen LogP contribution in [0.5, 0.6) is 0 Å². The molecule has 0 radical (unpaired) electrons. The molecule has 2 aromatic heterocycles. The van der Waals surface area contributed by atoms with Crippen molar-refractivity contribution in [3.05, 3.63) is 33.9 Å². The van der Waals surface area contributed by atoms with Crippen LogP contribution in [0.25, 0.3) is 0 Å². The highest BCUT2D eigenvalue weighted by Crippen LogP contribution is 2.41. The topological polar surface area (TPSA) is 99.2 Å². The third-order valence-corrected chi connectivity index (χ3v) is 9.60. The largest absolute Gasteiger partial charge is 0.476 e. The van der Waals surface area contributed by atoms with Crippen LogP contribution in [-0.2, 0) is 17.6 Å². The summed E-state index contributed by atoms with van der Waals surface area (Å²) in [5, 5.41) is 17.9. The molecule has 0 aromatic carbocycles. The quantitative estimate of drug-likeness (QED) is 0.291. The van der Waals surface area contributed by atoms with Gasteiger partial charge in [0, 0.05) is 18.2 Å². The zero-order valence-electron chi connectivity index (χ0n) is 22.8. The lowest BCUT2D eigenvalue weighted by atomic mass is 9.91. The van der Waals surface area contributed by atoms with E-state index in [1.165, 1.54) is 38.5 Å². The van der Waals surface area contributed by atoms with Crippen LogP contribution < -0.4 is 0 Å². The van der Waals surface area contributed by atoms with Gasteiger partial charge < -0.3 is 9.84 Å². The first-order valence-corrected chi connectivity index (χ1v) is 15.5. The van der Waals surface area contributed by atoms with Crippen molar-refractivity contribution in [1.29, 1.82) is 0 Å². The fraction of sp³-hybridized carbons (Fsp3) is 0.724. The number of fused-ring (bicyclic) bond motifs is 2. The van der Waals surface area contributed by atoms with Crippen molar-refractivity contribution < 1.29 is 19.4 Å². The van der Waals surface area contributed by atoms with Crippen LogP contribution >= 0.6 is 23.2 Å². The number of ether oxygens (including phenoxy) is 1. The summed E-state index contributed by atoms with van der Waals surface area (Å²) in [6.45, 7) is 0. The number of hydrogen-bond acceptors (Lipinski definition) is 5. The summed E-state index contributed by atoms with van der Waals surface area (Å²) < 4.78 is 9.61. The maximum absolute atomic E-state index is 11.6. The second kappa shape index (κ2) is 12.7. The number of aromatic carboxylic acids is 1. The Morgan fingerprint density at radius 3 is 1.82 bits per heavy atom. The number of alkyl halides is 1. The van der Waals surface area contributed by atoms with E-state index in [1.54, 1.807) is 7.11 Å². The first-order valence-electron chi connectivity index (χ1n) is 14.7. The van der Waals surface area contributed by atoms with Gasteiger partial charge in [0.1, 0.15) is 5.69 Å². The van der Waals surface area contributed by atoms with E-state index in [4.69, 9.17) is 27.9 Å². The lowest BCUT2D eigenvalue weighted by Crippen LogP contribution is -2.21. The van der Waals surface area contributed by atoms with E-state index in [0.717, 1.165) is 86.7 Å². The highest BCUT2D eigenvalue weighted by molar-refractivity contribution is 6.67.